The molecule has 0 spiro atoms. The van der Waals surface area contributed by atoms with Gasteiger partial charge in [-0.3, -0.25) is 9.78 Å². The van der Waals surface area contributed by atoms with Crippen molar-refractivity contribution in [3.05, 3.63) is 59.9 Å². The Labute approximate surface area is 264 Å². The van der Waals surface area contributed by atoms with E-state index >= 15 is 0 Å². The van der Waals surface area contributed by atoms with Crippen LogP contribution in [0.15, 0.2) is 49.2 Å². The number of aryl methyl sites for hydroxylation is 1. The zero-order valence-corrected chi connectivity index (χ0v) is 28.4. The highest BCUT2D eigenvalue weighted by Gasteiger charge is 2.45. The van der Waals surface area contributed by atoms with Crippen LogP contribution < -0.4 is 10.1 Å². The lowest BCUT2D eigenvalue weighted by Crippen LogP contribution is -2.49. The molecule has 2 atom stereocenters. The molecule has 0 aliphatic carbocycles. The second-order valence-electron chi connectivity index (χ2n) is 11.8. The number of nitrogens with one attached hydrogen (secondary N) is 1. The number of nitrogens with zero attached hydrogens (tertiary/aromatic N) is 6. The topological polar surface area (TPSA) is 126 Å². The van der Waals surface area contributed by atoms with Crippen molar-refractivity contribution in [2.24, 2.45) is 0 Å². The summed E-state index contributed by atoms with van der Waals surface area (Å²) in [5.41, 5.74) is 3.20. The van der Waals surface area contributed by atoms with Gasteiger partial charge in [0.1, 0.15) is 11.7 Å². The van der Waals surface area contributed by atoms with Gasteiger partial charge >= 0.3 is 0 Å². The lowest BCUT2D eigenvalue weighted by molar-refractivity contribution is -0.127. The molecule has 0 saturated carbocycles. The number of aromatic nitrogens is 6. The number of anilines is 1. The number of halogens is 1. The van der Waals surface area contributed by atoms with Crippen molar-refractivity contribution in [2.75, 3.05) is 18.5 Å². The van der Waals surface area contributed by atoms with Gasteiger partial charge in [0.25, 0.3) is 5.91 Å². The third kappa shape index (κ3) is 7.43. The van der Waals surface area contributed by atoms with Gasteiger partial charge in [-0.2, -0.15) is 5.10 Å². The van der Waals surface area contributed by atoms with Gasteiger partial charge in [0.05, 0.1) is 54.3 Å². The number of para-hydroxylation sites is 1. The Kier molecular flexibility index (Phi) is 11.1. The number of hydrogen-bond acceptors (Lipinski definition) is 9. The third-order valence-corrected chi connectivity index (χ3v) is 14.2. The number of benzene rings is 1. The Morgan fingerprint density at radius 3 is 2.27 bits per heavy atom. The fourth-order valence-electron chi connectivity index (χ4n) is 5.74. The highest BCUT2D eigenvalue weighted by atomic mass is 35.5. The summed E-state index contributed by atoms with van der Waals surface area (Å²) >= 11 is 6.42. The minimum Gasteiger partial charge on any atom is -0.461 e. The van der Waals surface area contributed by atoms with E-state index in [0.717, 1.165) is 5.69 Å². The van der Waals surface area contributed by atoms with Crippen molar-refractivity contribution < 1.29 is 18.7 Å². The smallest absolute Gasteiger partial charge is 0.269 e. The average Bonchev–Trinajstić information content (AvgIpc) is 3.41. The Morgan fingerprint density at radius 2 is 1.64 bits per heavy atom. The second kappa shape index (κ2) is 14.6. The van der Waals surface area contributed by atoms with Crippen LogP contribution in [-0.2, 0) is 14.0 Å². The van der Waals surface area contributed by atoms with Crippen molar-refractivity contribution in [1.82, 2.24) is 29.7 Å². The molecule has 13 heteroatoms. The number of hydrogen-bond donors (Lipinski definition) is 1. The van der Waals surface area contributed by atoms with Crippen LogP contribution in [0.25, 0.3) is 16.7 Å². The number of carbonyl (C=O) groups is 1. The lowest BCUT2D eigenvalue weighted by Gasteiger charge is -2.42. The maximum atomic E-state index is 13.5. The van der Waals surface area contributed by atoms with E-state index in [2.05, 4.69) is 71.9 Å². The molecule has 236 valence electrons. The van der Waals surface area contributed by atoms with Crippen LogP contribution >= 0.6 is 11.6 Å². The van der Waals surface area contributed by atoms with Gasteiger partial charge in [-0.25, -0.2) is 19.6 Å². The standard InChI is InChI=1S/C31H42ClN7O4Si/c1-19(2)44(20(3)4,21(5)6)42-16-23(8)41-17-27(30(40)38-28-15-33-22(7)13-34-28)43-31-24-14-37-39(29(24)35-18-36-31)26-12-10-9-11-25(26)32/h9-15,18-21,23,27H,16-17H2,1-8H3,(H,34,38,40). The minimum atomic E-state index is -2.09. The first-order valence-corrected chi connectivity index (χ1v) is 17.4. The predicted molar refractivity (Wildman–Crippen MR) is 174 cm³/mol. The van der Waals surface area contributed by atoms with Crippen LogP contribution in [0.1, 0.15) is 54.2 Å². The Hall–Kier alpha value is -3.45. The molecule has 4 rings (SSSR count). The van der Waals surface area contributed by atoms with E-state index < -0.39 is 20.3 Å². The highest BCUT2D eigenvalue weighted by Crippen LogP contribution is 2.42. The van der Waals surface area contributed by atoms with Crippen molar-refractivity contribution in [1.29, 1.82) is 0 Å². The zero-order chi connectivity index (χ0) is 32.0. The van der Waals surface area contributed by atoms with Crippen LogP contribution in [0.5, 0.6) is 5.88 Å². The molecule has 0 aliphatic heterocycles. The van der Waals surface area contributed by atoms with E-state index in [1.165, 1.54) is 12.5 Å². The monoisotopic (exact) mass is 639 g/mol. The molecule has 4 aromatic rings. The quantitative estimate of drug-likeness (QED) is 0.153. The van der Waals surface area contributed by atoms with Gasteiger partial charge < -0.3 is 19.2 Å². The molecule has 0 bridgehead atoms. The van der Waals surface area contributed by atoms with Crippen LogP contribution in [0.3, 0.4) is 0 Å². The molecule has 3 heterocycles. The minimum absolute atomic E-state index is 0.0562. The second-order valence-corrected chi connectivity index (χ2v) is 17.7. The molecular formula is C31H42ClN7O4Si. The van der Waals surface area contributed by atoms with Gasteiger partial charge in [0, 0.05) is 0 Å². The van der Waals surface area contributed by atoms with Crippen molar-refractivity contribution in [2.45, 2.75) is 84.2 Å². The Balaban J connectivity index is 1.56. The molecule has 44 heavy (non-hydrogen) atoms. The summed E-state index contributed by atoms with van der Waals surface area (Å²) in [4.78, 5) is 30.7. The molecule has 0 aliphatic rings. The van der Waals surface area contributed by atoms with Crippen LogP contribution in [-0.4, -0.2) is 69.4 Å². The van der Waals surface area contributed by atoms with Crippen LogP contribution in [0.2, 0.25) is 21.6 Å². The van der Waals surface area contributed by atoms with Crippen molar-refractivity contribution >= 4 is 42.7 Å². The maximum absolute atomic E-state index is 13.5. The molecule has 1 amide bonds. The molecule has 0 saturated heterocycles. The van der Waals surface area contributed by atoms with Gasteiger partial charge in [0.2, 0.25) is 12.0 Å². The molecule has 1 aromatic carbocycles. The molecule has 0 radical (unpaired) electrons. The Morgan fingerprint density at radius 1 is 0.932 bits per heavy atom. The summed E-state index contributed by atoms with van der Waals surface area (Å²) in [5, 5.41) is 8.27. The van der Waals surface area contributed by atoms with E-state index in [1.807, 2.05) is 32.0 Å². The average molecular weight is 640 g/mol. The summed E-state index contributed by atoms with van der Waals surface area (Å²) < 4.78 is 20.7. The molecule has 2 unspecified atom stereocenters. The fourth-order valence-corrected chi connectivity index (χ4v) is 11.5. The van der Waals surface area contributed by atoms with Gasteiger partial charge in [-0.15, -0.1) is 0 Å². The highest BCUT2D eigenvalue weighted by molar-refractivity contribution is 6.77. The van der Waals surface area contributed by atoms with Crippen molar-refractivity contribution in [3.63, 3.8) is 0 Å². The predicted octanol–water partition coefficient (Wildman–Crippen LogP) is 6.55. The normalized spacial score (nSPS) is 13.5. The van der Waals surface area contributed by atoms with Crippen LogP contribution in [0, 0.1) is 6.92 Å². The zero-order valence-electron chi connectivity index (χ0n) is 26.6. The maximum Gasteiger partial charge on any atom is 0.269 e. The lowest BCUT2D eigenvalue weighted by atomic mass is 10.3. The molecule has 3 aromatic heterocycles. The fraction of sp³-hybridized carbons (Fsp3) is 0.484. The van der Waals surface area contributed by atoms with E-state index in [0.29, 0.717) is 50.8 Å². The summed E-state index contributed by atoms with van der Waals surface area (Å²) in [6, 6.07) is 7.31. The number of ether oxygens (including phenoxy) is 2. The summed E-state index contributed by atoms with van der Waals surface area (Å²) in [5.74, 6) is 0.0186. The number of fused-ring (bicyclic) bond motifs is 1. The molecular weight excluding hydrogens is 598 g/mol. The first-order valence-electron chi connectivity index (χ1n) is 14.9. The molecule has 0 fully saturated rings. The van der Waals surface area contributed by atoms with E-state index in [9.17, 15) is 4.79 Å². The SMILES string of the molecule is Cc1cnc(NC(=O)C(COC(C)CO[Si](C(C)C)(C(C)C)C(C)C)Oc2ncnc3c2cnn3-c2ccccc2Cl)cn1. The first kappa shape index (κ1) is 33.4. The molecule has 1 N–H and O–H groups in total. The third-order valence-electron chi connectivity index (χ3n) is 7.80. The van der Waals surface area contributed by atoms with Gasteiger partial charge in [0.15, 0.2) is 19.8 Å². The summed E-state index contributed by atoms with van der Waals surface area (Å²) in [6.45, 7) is 17.6. The van der Waals surface area contributed by atoms with Gasteiger partial charge in [-0.05, 0) is 42.6 Å². The largest absolute Gasteiger partial charge is 0.461 e. The van der Waals surface area contributed by atoms with Crippen LogP contribution in [0.4, 0.5) is 5.82 Å². The van der Waals surface area contributed by atoms with Crippen molar-refractivity contribution in [3.8, 4) is 11.6 Å². The number of carbonyl (C=O) groups excluding carboxylic acids is 1. The van der Waals surface area contributed by atoms with Gasteiger partial charge in [-0.1, -0.05) is 65.3 Å². The van der Waals surface area contributed by atoms with E-state index in [4.69, 9.17) is 25.5 Å². The number of rotatable bonds is 14. The first-order chi connectivity index (χ1) is 20.9. The Bertz CT molecular complexity index is 1530. The summed E-state index contributed by atoms with van der Waals surface area (Å²) in [6.07, 6.45) is 4.64. The summed E-state index contributed by atoms with van der Waals surface area (Å²) in [7, 11) is -2.09. The van der Waals surface area contributed by atoms with E-state index in [1.54, 1.807) is 23.1 Å². The number of amides is 1. The molecule has 11 nitrogen and oxygen atoms in total. The van der Waals surface area contributed by atoms with E-state index in [-0.39, 0.29) is 18.6 Å².